The molecule has 0 amide bonds. The lowest BCUT2D eigenvalue weighted by molar-refractivity contribution is 0.561. The third-order valence-electron chi connectivity index (χ3n) is 6.83. The van der Waals surface area contributed by atoms with Crippen molar-refractivity contribution in [1.29, 1.82) is 0 Å². The van der Waals surface area contributed by atoms with Gasteiger partial charge in [-0.3, -0.25) is 0 Å². The van der Waals surface area contributed by atoms with Crippen LogP contribution in [0.25, 0.3) is 11.0 Å². The summed E-state index contributed by atoms with van der Waals surface area (Å²) in [7, 11) is 4.04. The molecule has 0 aliphatic carbocycles. The van der Waals surface area contributed by atoms with Gasteiger partial charge in [-0.05, 0) is 57.8 Å². The van der Waals surface area contributed by atoms with Crippen molar-refractivity contribution in [3.05, 3.63) is 0 Å². The highest BCUT2D eigenvalue weighted by atomic mass is 15.3. The van der Waals surface area contributed by atoms with Gasteiger partial charge >= 0.3 is 0 Å². The van der Waals surface area contributed by atoms with E-state index in [1.807, 2.05) is 19.0 Å². The van der Waals surface area contributed by atoms with Gasteiger partial charge in [-0.25, -0.2) is 9.97 Å². The van der Waals surface area contributed by atoms with E-state index in [0.29, 0.717) is 0 Å². The van der Waals surface area contributed by atoms with Crippen molar-refractivity contribution in [2.45, 2.75) is 57.8 Å². The quantitative estimate of drug-likeness (QED) is 0.739. The Morgan fingerprint density at radius 2 is 0.968 bits per heavy atom. The van der Waals surface area contributed by atoms with E-state index in [0.717, 1.165) is 73.8 Å². The first-order valence-corrected chi connectivity index (χ1v) is 12.2. The van der Waals surface area contributed by atoms with E-state index in [1.165, 1.54) is 57.8 Å². The minimum Gasteiger partial charge on any atom is -0.355 e. The van der Waals surface area contributed by atoms with Crippen molar-refractivity contribution in [3.63, 3.8) is 0 Å². The molecule has 3 fully saturated rings. The zero-order chi connectivity index (χ0) is 21.2. The summed E-state index contributed by atoms with van der Waals surface area (Å²) in [4.78, 5) is 29.5. The fraction of sp³-hybridized carbons (Fsp3) is 0.739. The lowest BCUT2D eigenvalue weighted by Gasteiger charge is -2.33. The number of hydrogen-bond acceptors (Lipinski definition) is 8. The maximum Gasteiger partial charge on any atom is 0.228 e. The van der Waals surface area contributed by atoms with E-state index >= 15 is 0 Å². The number of hydrogen-bond donors (Lipinski definition) is 0. The van der Waals surface area contributed by atoms with E-state index in [-0.39, 0.29) is 0 Å². The maximum atomic E-state index is 5.15. The molecule has 5 rings (SSSR count). The Morgan fingerprint density at radius 1 is 0.516 bits per heavy atom. The molecule has 2 aromatic rings. The van der Waals surface area contributed by atoms with Crippen molar-refractivity contribution < 1.29 is 0 Å². The first kappa shape index (κ1) is 20.5. The minimum absolute atomic E-state index is 0.751. The zero-order valence-corrected chi connectivity index (χ0v) is 19.2. The molecule has 8 nitrogen and oxygen atoms in total. The lowest BCUT2D eigenvalue weighted by atomic mass is 10.1. The second kappa shape index (κ2) is 9.01. The summed E-state index contributed by atoms with van der Waals surface area (Å²) < 4.78 is 0. The van der Waals surface area contributed by atoms with Crippen molar-refractivity contribution >= 4 is 34.6 Å². The van der Waals surface area contributed by atoms with Crippen molar-refractivity contribution in [2.75, 3.05) is 73.0 Å². The van der Waals surface area contributed by atoms with Crippen molar-refractivity contribution in [3.8, 4) is 0 Å². The molecule has 8 heteroatoms. The number of piperidine rings is 3. The molecule has 0 aromatic carbocycles. The molecule has 0 atom stereocenters. The normalized spacial score (nSPS) is 20.4. The van der Waals surface area contributed by atoms with E-state index in [1.54, 1.807) is 0 Å². The van der Waals surface area contributed by atoms with Gasteiger partial charge in [-0.15, -0.1) is 0 Å². The maximum absolute atomic E-state index is 5.15. The Hall–Kier alpha value is -2.38. The molecule has 3 aliphatic rings. The molecule has 0 bridgehead atoms. The van der Waals surface area contributed by atoms with Crippen LogP contribution in [0.1, 0.15) is 57.8 Å². The topological polar surface area (TPSA) is 64.5 Å². The Labute approximate surface area is 185 Å². The smallest absolute Gasteiger partial charge is 0.228 e. The molecule has 5 heterocycles. The predicted octanol–water partition coefficient (Wildman–Crippen LogP) is 3.46. The fourth-order valence-corrected chi connectivity index (χ4v) is 5.05. The van der Waals surface area contributed by atoms with Gasteiger partial charge in [0.2, 0.25) is 11.9 Å². The molecular weight excluding hydrogens is 388 g/mol. The number of fused-ring (bicyclic) bond motifs is 1. The van der Waals surface area contributed by atoms with Crippen LogP contribution in [0.5, 0.6) is 0 Å². The molecule has 31 heavy (non-hydrogen) atoms. The Morgan fingerprint density at radius 3 is 1.48 bits per heavy atom. The number of rotatable bonds is 4. The standard InChI is InChI=1S/C23H36N8/c1-28(2)22-24-18-19(20(26-22)29-12-6-3-7-13-29)25-23(31-16-10-5-11-17-31)27-21(18)30-14-8-4-9-15-30/h3-17H2,1-2H3. The van der Waals surface area contributed by atoms with Gasteiger partial charge in [-0.2, -0.15) is 9.97 Å². The highest BCUT2D eigenvalue weighted by Gasteiger charge is 2.26. The predicted molar refractivity (Wildman–Crippen MR) is 128 cm³/mol. The summed E-state index contributed by atoms with van der Waals surface area (Å²) in [6.45, 7) is 6.27. The molecule has 0 saturated carbocycles. The van der Waals surface area contributed by atoms with Crippen LogP contribution < -0.4 is 19.6 Å². The molecule has 2 aromatic heterocycles. The molecule has 3 aliphatic heterocycles. The van der Waals surface area contributed by atoms with E-state index in [9.17, 15) is 0 Å². The van der Waals surface area contributed by atoms with Crippen LogP contribution in [0.4, 0.5) is 23.5 Å². The van der Waals surface area contributed by atoms with Crippen LogP contribution in [0, 0.1) is 0 Å². The largest absolute Gasteiger partial charge is 0.355 e. The Kier molecular flexibility index (Phi) is 5.96. The Bertz CT molecular complexity index is 896. The third kappa shape index (κ3) is 4.21. The van der Waals surface area contributed by atoms with Crippen LogP contribution in [0.2, 0.25) is 0 Å². The van der Waals surface area contributed by atoms with Gasteiger partial charge in [0.15, 0.2) is 11.6 Å². The zero-order valence-electron chi connectivity index (χ0n) is 19.2. The van der Waals surface area contributed by atoms with Gasteiger partial charge < -0.3 is 19.6 Å². The average Bonchev–Trinajstić information content (AvgIpc) is 2.84. The SMILES string of the molecule is CN(C)c1nc(N2CCCCC2)c2nc(N3CCCCC3)nc(N3CCCCC3)c2n1. The van der Waals surface area contributed by atoms with Crippen molar-refractivity contribution in [2.24, 2.45) is 0 Å². The lowest BCUT2D eigenvalue weighted by Crippen LogP contribution is -2.35. The van der Waals surface area contributed by atoms with Gasteiger partial charge in [0.1, 0.15) is 11.0 Å². The van der Waals surface area contributed by atoms with Crippen molar-refractivity contribution in [1.82, 2.24) is 19.9 Å². The average molecular weight is 425 g/mol. The van der Waals surface area contributed by atoms with E-state index in [4.69, 9.17) is 19.9 Å². The summed E-state index contributed by atoms with van der Waals surface area (Å²) in [6, 6.07) is 0. The third-order valence-corrected chi connectivity index (χ3v) is 6.83. The summed E-state index contributed by atoms with van der Waals surface area (Å²) in [5, 5.41) is 0. The summed E-state index contributed by atoms with van der Waals surface area (Å²) in [5.74, 6) is 3.62. The van der Waals surface area contributed by atoms with Gasteiger partial charge in [0.05, 0.1) is 0 Å². The van der Waals surface area contributed by atoms with E-state index < -0.39 is 0 Å². The highest BCUT2D eigenvalue weighted by Crippen LogP contribution is 2.34. The first-order chi connectivity index (χ1) is 15.2. The molecule has 0 unspecified atom stereocenters. The second-order valence-electron chi connectivity index (χ2n) is 9.43. The number of anilines is 4. The number of nitrogens with zero attached hydrogens (tertiary/aromatic N) is 8. The fourth-order valence-electron chi connectivity index (χ4n) is 5.05. The first-order valence-electron chi connectivity index (χ1n) is 12.2. The molecule has 168 valence electrons. The van der Waals surface area contributed by atoms with Gasteiger partial charge in [-0.1, -0.05) is 0 Å². The minimum atomic E-state index is 0.751. The molecule has 0 spiro atoms. The Balaban J connectivity index is 1.69. The second-order valence-corrected chi connectivity index (χ2v) is 9.43. The van der Waals surface area contributed by atoms with Crippen LogP contribution in [0.15, 0.2) is 0 Å². The van der Waals surface area contributed by atoms with Crippen LogP contribution in [-0.4, -0.2) is 73.3 Å². The van der Waals surface area contributed by atoms with Gasteiger partial charge in [0, 0.05) is 53.4 Å². The van der Waals surface area contributed by atoms with Crippen LogP contribution in [0.3, 0.4) is 0 Å². The summed E-state index contributed by atoms with van der Waals surface area (Å²) in [6.07, 6.45) is 11.2. The molecule has 0 N–H and O–H groups in total. The number of aromatic nitrogens is 4. The molecular formula is C23H36N8. The van der Waals surface area contributed by atoms with Gasteiger partial charge in [0.25, 0.3) is 0 Å². The monoisotopic (exact) mass is 424 g/mol. The van der Waals surface area contributed by atoms with Crippen LogP contribution in [-0.2, 0) is 0 Å². The highest BCUT2D eigenvalue weighted by molar-refractivity contribution is 5.95. The van der Waals surface area contributed by atoms with Crippen LogP contribution >= 0.6 is 0 Å². The van der Waals surface area contributed by atoms with E-state index in [2.05, 4.69) is 14.7 Å². The summed E-state index contributed by atoms with van der Waals surface area (Å²) >= 11 is 0. The molecule has 3 saturated heterocycles. The summed E-state index contributed by atoms with van der Waals surface area (Å²) in [5.41, 5.74) is 1.85. The molecule has 0 radical (unpaired) electrons.